The van der Waals surface area contributed by atoms with E-state index in [9.17, 15) is 9.59 Å². The molecular formula is C19H20Cl3N3O2. The van der Waals surface area contributed by atoms with Crippen LogP contribution in [0.2, 0.25) is 15.1 Å². The molecule has 0 aliphatic rings. The monoisotopic (exact) mass is 427 g/mol. The second-order valence-corrected chi connectivity index (χ2v) is 7.18. The fourth-order valence-electron chi connectivity index (χ4n) is 2.39. The van der Waals surface area contributed by atoms with Crippen LogP contribution >= 0.6 is 34.8 Å². The topological polar surface area (TPSA) is 61.4 Å². The number of likely N-dealkylation sites (N-methyl/N-ethyl adjacent to an activating group) is 1. The van der Waals surface area contributed by atoms with E-state index in [2.05, 4.69) is 10.6 Å². The van der Waals surface area contributed by atoms with Gasteiger partial charge in [-0.25, -0.2) is 0 Å². The van der Waals surface area contributed by atoms with Gasteiger partial charge in [-0.05, 0) is 43.3 Å². The van der Waals surface area contributed by atoms with Crippen molar-refractivity contribution in [1.82, 2.24) is 4.90 Å². The Kier molecular flexibility index (Phi) is 7.92. The second-order valence-electron chi connectivity index (χ2n) is 5.96. The molecule has 0 heterocycles. The van der Waals surface area contributed by atoms with Crippen LogP contribution in [0.3, 0.4) is 0 Å². The predicted octanol–water partition coefficient (Wildman–Crippen LogP) is 4.85. The first-order valence-electron chi connectivity index (χ1n) is 8.32. The summed E-state index contributed by atoms with van der Waals surface area (Å²) < 4.78 is 0. The number of nitrogens with one attached hydrogen (secondary N) is 2. The zero-order chi connectivity index (χ0) is 20.0. The van der Waals surface area contributed by atoms with Crippen molar-refractivity contribution in [2.24, 2.45) is 0 Å². The summed E-state index contributed by atoms with van der Waals surface area (Å²) in [7, 11) is 0. The molecule has 2 aromatic rings. The Bertz CT molecular complexity index is 825. The van der Waals surface area contributed by atoms with Crippen LogP contribution in [-0.4, -0.2) is 36.3 Å². The molecule has 0 radical (unpaired) electrons. The van der Waals surface area contributed by atoms with Gasteiger partial charge in [-0.3, -0.25) is 14.5 Å². The first kappa shape index (κ1) is 21.5. The second kappa shape index (κ2) is 9.95. The van der Waals surface area contributed by atoms with Gasteiger partial charge < -0.3 is 10.6 Å². The Morgan fingerprint density at radius 1 is 0.963 bits per heavy atom. The Morgan fingerprint density at radius 2 is 1.59 bits per heavy atom. The van der Waals surface area contributed by atoms with Gasteiger partial charge in [0.05, 0.1) is 28.8 Å². The number of anilines is 2. The van der Waals surface area contributed by atoms with Crippen LogP contribution in [0.15, 0.2) is 36.4 Å². The van der Waals surface area contributed by atoms with E-state index in [1.54, 1.807) is 35.2 Å². The van der Waals surface area contributed by atoms with E-state index in [0.29, 0.717) is 28.0 Å². The first-order valence-corrected chi connectivity index (χ1v) is 9.45. The molecule has 144 valence electrons. The minimum Gasteiger partial charge on any atom is -0.325 e. The van der Waals surface area contributed by atoms with E-state index < -0.39 is 0 Å². The minimum atomic E-state index is -0.284. The Morgan fingerprint density at radius 3 is 2.22 bits per heavy atom. The number of carbonyl (C=O) groups excluding carboxylic acids is 2. The molecule has 0 fully saturated rings. The van der Waals surface area contributed by atoms with Gasteiger partial charge in [0.25, 0.3) is 0 Å². The zero-order valence-corrected chi connectivity index (χ0v) is 17.3. The van der Waals surface area contributed by atoms with Crippen molar-refractivity contribution in [3.8, 4) is 0 Å². The molecule has 0 aliphatic carbocycles. The maximum absolute atomic E-state index is 12.3. The number of halogens is 3. The zero-order valence-electron chi connectivity index (χ0n) is 15.0. The molecule has 0 bridgehead atoms. The van der Waals surface area contributed by atoms with Gasteiger partial charge in [0.1, 0.15) is 0 Å². The van der Waals surface area contributed by atoms with Crippen LogP contribution < -0.4 is 10.6 Å². The standard InChI is InChI=1S/C19H20Cl3N3O2/c1-3-25(10-17(26)23-15-6-4-5-14(21)19(15)22)11-18(27)24-16-9-13(20)8-7-12(16)2/h4-9H,3,10-11H2,1-2H3,(H,23,26)(H,24,27). The quantitative estimate of drug-likeness (QED) is 0.662. The number of hydrogen-bond acceptors (Lipinski definition) is 3. The van der Waals surface area contributed by atoms with E-state index in [0.717, 1.165) is 5.56 Å². The maximum atomic E-state index is 12.3. The van der Waals surface area contributed by atoms with Gasteiger partial charge in [-0.15, -0.1) is 0 Å². The fraction of sp³-hybridized carbons (Fsp3) is 0.263. The summed E-state index contributed by atoms with van der Waals surface area (Å²) in [5.41, 5.74) is 1.99. The third kappa shape index (κ3) is 6.40. The molecule has 8 heteroatoms. The predicted molar refractivity (Wildman–Crippen MR) is 112 cm³/mol. The molecule has 0 unspecified atom stereocenters. The lowest BCUT2D eigenvalue weighted by molar-refractivity contribution is -0.119. The fourth-order valence-corrected chi connectivity index (χ4v) is 2.91. The van der Waals surface area contributed by atoms with Crippen LogP contribution in [0, 0.1) is 6.92 Å². The van der Waals surface area contributed by atoms with Gasteiger partial charge in [-0.2, -0.15) is 0 Å². The molecule has 0 aromatic heterocycles. The maximum Gasteiger partial charge on any atom is 0.238 e. The molecule has 2 amide bonds. The highest BCUT2D eigenvalue weighted by atomic mass is 35.5. The average molecular weight is 429 g/mol. The van der Waals surface area contributed by atoms with Gasteiger partial charge in [0.15, 0.2) is 0 Å². The highest BCUT2D eigenvalue weighted by Gasteiger charge is 2.15. The van der Waals surface area contributed by atoms with E-state index >= 15 is 0 Å². The van der Waals surface area contributed by atoms with E-state index in [-0.39, 0.29) is 29.9 Å². The SMILES string of the molecule is CCN(CC(=O)Nc1cc(Cl)ccc1C)CC(=O)Nc1cccc(Cl)c1Cl. The molecule has 0 saturated heterocycles. The minimum absolute atomic E-state index is 0.0429. The summed E-state index contributed by atoms with van der Waals surface area (Å²) in [5.74, 6) is -0.511. The summed E-state index contributed by atoms with van der Waals surface area (Å²) in [6.07, 6.45) is 0. The number of carbonyl (C=O) groups is 2. The van der Waals surface area contributed by atoms with Crippen molar-refractivity contribution in [3.63, 3.8) is 0 Å². The molecule has 0 aliphatic heterocycles. The number of rotatable bonds is 7. The molecule has 2 rings (SSSR count). The summed E-state index contributed by atoms with van der Waals surface area (Å²) in [6, 6.07) is 10.3. The van der Waals surface area contributed by atoms with E-state index in [4.69, 9.17) is 34.8 Å². The lowest BCUT2D eigenvalue weighted by Gasteiger charge is -2.20. The number of hydrogen-bond donors (Lipinski definition) is 2. The smallest absolute Gasteiger partial charge is 0.238 e. The Hall–Kier alpha value is -1.79. The Balaban J connectivity index is 1.94. The molecule has 2 aromatic carbocycles. The summed E-state index contributed by atoms with van der Waals surface area (Å²) in [6.45, 7) is 4.39. The highest BCUT2D eigenvalue weighted by molar-refractivity contribution is 6.44. The molecule has 0 spiro atoms. The van der Waals surface area contributed by atoms with Crippen molar-refractivity contribution in [3.05, 3.63) is 57.0 Å². The molecule has 0 saturated carbocycles. The van der Waals surface area contributed by atoms with Crippen LogP contribution in [-0.2, 0) is 9.59 Å². The van der Waals surface area contributed by atoms with Crippen molar-refractivity contribution < 1.29 is 9.59 Å². The third-order valence-electron chi connectivity index (χ3n) is 3.88. The lowest BCUT2D eigenvalue weighted by Crippen LogP contribution is -2.38. The van der Waals surface area contributed by atoms with Crippen LogP contribution in [0.25, 0.3) is 0 Å². The summed E-state index contributed by atoms with van der Waals surface area (Å²) >= 11 is 18.0. The van der Waals surface area contributed by atoms with Crippen molar-refractivity contribution in [2.75, 3.05) is 30.3 Å². The summed E-state index contributed by atoms with van der Waals surface area (Å²) in [5, 5.41) is 6.71. The number of benzene rings is 2. The molecule has 5 nitrogen and oxygen atoms in total. The average Bonchev–Trinajstić information content (AvgIpc) is 2.61. The normalized spacial score (nSPS) is 10.7. The van der Waals surface area contributed by atoms with Gasteiger partial charge in [-0.1, -0.05) is 53.9 Å². The molecule has 0 atom stereocenters. The summed E-state index contributed by atoms with van der Waals surface area (Å²) in [4.78, 5) is 26.3. The first-order chi connectivity index (χ1) is 12.8. The van der Waals surface area contributed by atoms with Gasteiger partial charge in [0, 0.05) is 10.7 Å². The third-order valence-corrected chi connectivity index (χ3v) is 4.94. The van der Waals surface area contributed by atoms with Gasteiger partial charge >= 0.3 is 0 Å². The Labute approximate surface area is 173 Å². The van der Waals surface area contributed by atoms with Crippen LogP contribution in [0.5, 0.6) is 0 Å². The number of nitrogens with zero attached hydrogens (tertiary/aromatic N) is 1. The van der Waals surface area contributed by atoms with Crippen LogP contribution in [0.1, 0.15) is 12.5 Å². The lowest BCUT2D eigenvalue weighted by atomic mass is 10.2. The largest absolute Gasteiger partial charge is 0.325 e. The van der Waals surface area contributed by atoms with Crippen molar-refractivity contribution in [2.45, 2.75) is 13.8 Å². The number of aryl methyl sites for hydroxylation is 1. The van der Waals surface area contributed by atoms with Gasteiger partial charge in [0.2, 0.25) is 11.8 Å². The van der Waals surface area contributed by atoms with E-state index in [1.807, 2.05) is 19.9 Å². The molecular weight excluding hydrogens is 409 g/mol. The van der Waals surface area contributed by atoms with Crippen LogP contribution in [0.4, 0.5) is 11.4 Å². The van der Waals surface area contributed by atoms with E-state index in [1.165, 1.54) is 0 Å². The molecule has 27 heavy (non-hydrogen) atoms. The van der Waals surface area contributed by atoms with Crippen molar-refractivity contribution >= 4 is 58.0 Å². The molecule has 2 N–H and O–H groups in total. The highest BCUT2D eigenvalue weighted by Crippen LogP contribution is 2.29. The number of amides is 2. The van der Waals surface area contributed by atoms with Crippen molar-refractivity contribution in [1.29, 1.82) is 0 Å².